The van der Waals surface area contributed by atoms with E-state index < -0.39 is 0 Å². The number of allylic oxidation sites excluding steroid dienone is 4. The normalized spacial score (nSPS) is 14.5. The van der Waals surface area contributed by atoms with E-state index in [1.807, 2.05) is 0 Å². The minimum absolute atomic E-state index is 0. The van der Waals surface area contributed by atoms with Crippen LogP contribution in [0.5, 0.6) is 0 Å². The topological polar surface area (TPSA) is 0 Å². The van der Waals surface area contributed by atoms with Gasteiger partial charge in [-0.1, -0.05) is 75.6 Å². The van der Waals surface area contributed by atoms with E-state index in [9.17, 15) is 0 Å². The van der Waals surface area contributed by atoms with E-state index in [4.69, 9.17) is 0 Å². The van der Waals surface area contributed by atoms with Gasteiger partial charge >= 0.3 is 30.2 Å². The van der Waals surface area contributed by atoms with Gasteiger partial charge in [0.15, 0.2) is 0 Å². The molecule has 29 heavy (non-hydrogen) atoms. The minimum atomic E-state index is 0. The molecule has 0 amide bonds. The van der Waals surface area contributed by atoms with Crippen molar-refractivity contribution < 1.29 is 23.3 Å². The molecule has 1 unspecified atom stereocenters. The second-order valence-electron chi connectivity index (χ2n) is 6.95. The van der Waals surface area contributed by atoms with Crippen LogP contribution >= 0.6 is 0 Å². The van der Waals surface area contributed by atoms with E-state index in [1.54, 1.807) is 0 Å². The van der Waals surface area contributed by atoms with Crippen molar-refractivity contribution in [3.63, 3.8) is 0 Å². The van der Waals surface area contributed by atoms with Gasteiger partial charge in [-0.25, -0.2) is 5.57 Å². The molecule has 0 aliphatic heterocycles. The van der Waals surface area contributed by atoms with Crippen LogP contribution < -0.4 is 0 Å². The SMILES string of the molecule is CC1=[C-]C(C)C(C)=C1C.Cc1[cH-]c2ccccc2c1-c1ccccc1.[CH3-].[CH3-].[Si]=[Zr]. The van der Waals surface area contributed by atoms with Crippen molar-refractivity contribution in [2.45, 2.75) is 34.6 Å². The Balaban J connectivity index is 0.000000524. The summed E-state index contributed by atoms with van der Waals surface area (Å²) in [7, 11) is 0. The molecule has 0 nitrogen and oxygen atoms in total. The van der Waals surface area contributed by atoms with Crippen molar-refractivity contribution in [3.8, 4) is 11.1 Å². The fourth-order valence-electron chi connectivity index (χ4n) is 3.52. The average molecular weight is 476 g/mol. The van der Waals surface area contributed by atoms with Gasteiger partial charge in [0.1, 0.15) is 0 Å². The first-order chi connectivity index (χ1) is 13.0. The number of fused-ring (bicyclic) bond motifs is 1. The monoisotopic (exact) mass is 474 g/mol. The molecular weight excluding hydrogens is 444 g/mol. The second-order valence-corrected chi connectivity index (χ2v) is 6.95. The Hall–Kier alpha value is -1.37. The molecule has 1 aliphatic carbocycles. The summed E-state index contributed by atoms with van der Waals surface area (Å²) in [6.45, 7) is 13.9. The molecule has 0 spiro atoms. The standard InChI is InChI=1S/C16H13.C9H13.2CH3.Si.Zr/c1-12-11-14-9-5-6-10-15(14)16(12)13-7-3-2-4-8-13;1-6-5-7(2)9(4)8(6)3;;;;/h2-11H,1H3;6H,1-4H3;2*1H3;;/q4*-1;;. The Morgan fingerprint density at radius 3 is 1.90 bits per heavy atom. The zero-order valence-electron chi connectivity index (χ0n) is 18.9. The van der Waals surface area contributed by atoms with Gasteiger partial charge in [-0.2, -0.15) is 11.1 Å². The first-order valence-electron chi connectivity index (χ1n) is 9.22. The maximum atomic E-state index is 3.36. The van der Waals surface area contributed by atoms with Gasteiger partial charge in [-0.05, 0) is 0 Å². The van der Waals surface area contributed by atoms with E-state index >= 15 is 0 Å². The molecule has 3 aromatic carbocycles. The predicted octanol–water partition coefficient (Wildman–Crippen LogP) is 7.77. The molecule has 0 saturated heterocycles. The number of hydrogen-bond acceptors (Lipinski definition) is 0. The van der Waals surface area contributed by atoms with Gasteiger partial charge in [-0.15, -0.1) is 53.1 Å². The van der Waals surface area contributed by atoms with E-state index in [0.717, 1.165) is 0 Å². The van der Waals surface area contributed by atoms with Crippen LogP contribution in [0.25, 0.3) is 21.9 Å². The van der Waals surface area contributed by atoms with Gasteiger partial charge in [0.05, 0.1) is 0 Å². The van der Waals surface area contributed by atoms with Gasteiger partial charge < -0.3 is 14.9 Å². The van der Waals surface area contributed by atoms with Gasteiger partial charge in [0, 0.05) is 0 Å². The van der Waals surface area contributed by atoms with Crippen LogP contribution in [0.3, 0.4) is 0 Å². The second kappa shape index (κ2) is 13.0. The van der Waals surface area contributed by atoms with Crippen LogP contribution in [-0.4, -0.2) is 6.88 Å². The predicted molar refractivity (Wildman–Crippen MR) is 128 cm³/mol. The van der Waals surface area contributed by atoms with E-state index in [1.165, 1.54) is 67.5 Å². The zero-order chi connectivity index (χ0) is 20.0. The fourth-order valence-corrected chi connectivity index (χ4v) is 3.52. The third-order valence-corrected chi connectivity index (χ3v) is 5.30. The molecule has 0 fully saturated rings. The Kier molecular flexibility index (Phi) is 12.4. The van der Waals surface area contributed by atoms with E-state index in [2.05, 4.69) is 108 Å². The van der Waals surface area contributed by atoms with Gasteiger partial charge in [-0.3, -0.25) is 6.08 Å². The van der Waals surface area contributed by atoms with Crippen LogP contribution in [0, 0.1) is 33.8 Å². The van der Waals surface area contributed by atoms with Crippen molar-refractivity contribution in [1.82, 2.24) is 0 Å². The number of rotatable bonds is 1. The quantitative estimate of drug-likeness (QED) is 0.249. The molecule has 1 atom stereocenters. The van der Waals surface area contributed by atoms with E-state index in [-0.39, 0.29) is 14.9 Å². The summed E-state index contributed by atoms with van der Waals surface area (Å²) >= 11 is 1.36. The van der Waals surface area contributed by atoms with Crippen LogP contribution in [0.2, 0.25) is 0 Å². The Morgan fingerprint density at radius 2 is 1.41 bits per heavy atom. The third kappa shape index (κ3) is 6.56. The summed E-state index contributed by atoms with van der Waals surface area (Å²) in [5, 5.41) is 2.69. The number of hydrogen-bond donors (Lipinski definition) is 0. The Morgan fingerprint density at radius 1 is 0.862 bits per heavy atom. The van der Waals surface area contributed by atoms with E-state index in [0.29, 0.717) is 5.92 Å². The van der Waals surface area contributed by atoms with Crippen molar-refractivity contribution in [2.24, 2.45) is 5.92 Å². The molecule has 0 bridgehead atoms. The summed E-state index contributed by atoms with van der Waals surface area (Å²) < 4.78 is 0. The van der Waals surface area contributed by atoms with Crippen LogP contribution in [0.4, 0.5) is 0 Å². The first-order valence-corrected chi connectivity index (χ1v) is 13.4. The molecule has 0 N–H and O–H groups in total. The Bertz CT molecular complexity index is 961. The third-order valence-electron chi connectivity index (χ3n) is 5.30. The van der Waals surface area contributed by atoms with Crippen molar-refractivity contribution in [2.75, 3.05) is 0 Å². The molecule has 0 saturated carbocycles. The molecule has 2 heteroatoms. The fraction of sp³-hybridized carbons (Fsp3) is 0.222. The van der Waals surface area contributed by atoms with Gasteiger partial charge in [0.25, 0.3) is 0 Å². The summed E-state index contributed by atoms with van der Waals surface area (Å²) in [5.74, 6) is 0.560. The molecule has 152 valence electrons. The summed E-state index contributed by atoms with van der Waals surface area (Å²) in [4.78, 5) is 0. The molecule has 1 aliphatic rings. The van der Waals surface area contributed by atoms with Crippen molar-refractivity contribution in [3.05, 3.63) is 104 Å². The van der Waals surface area contributed by atoms with Crippen LogP contribution in [0.15, 0.2) is 77.4 Å². The average Bonchev–Trinajstić information content (AvgIpc) is 3.15. The summed E-state index contributed by atoms with van der Waals surface area (Å²) in [6.07, 6.45) is 3.36. The first kappa shape index (κ1) is 27.6. The van der Waals surface area contributed by atoms with Crippen molar-refractivity contribution >= 4 is 17.7 Å². The molecule has 3 aromatic rings. The number of aryl methyl sites for hydroxylation is 1. The molecular formula is C27H32SiZr-4. The summed E-state index contributed by atoms with van der Waals surface area (Å²) in [5.41, 5.74) is 8.28. The van der Waals surface area contributed by atoms with Crippen LogP contribution in [0.1, 0.15) is 33.3 Å². The summed E-state index contributed by atoms with van der Waals surface area (Å²) in [6, 6.07) is 21.4. The molecule has 0 heterocycles. The maximum absolute atomic E-state index is 3.36. The van der Waals surface area contributed by atoms with Gasteiger partial charge in [0.2, 0.25) is 0 Å². The molecule has 2 radical (unpaired) electrons. The Labute approximate surface area is 195 Å². The zero-order valence-corrected chi connectivity index (χ0v) is 22.3. The molecule has 4 rings (SSSR count). The number of benzene rings is 2. The van der Waals surface area contributed by atoms with Crippen LogP contribution in [-0.2, 0) is 23.3 Å². The molecule has 0 aromatic heterocycles. The van der Waals surface area contributed by atoms with Crippen molar-refractivity contribution in [1.29, 1.82) is 0 Å².